The molecule has 1 nitrogen and oxygen atoms in total. The molecular weight excluding hydrogens is 473 g/mol. The average Bonchev–Trinajstić information content (AvgIpc) is 1.96. The summed E-state index contributed by atoms with van der Waals surface area (Å²) in [5.74, 6) is -6.85. The van der Waals surface area contributed by atoms with Crippen LogP contribution in [0.1, 0.15) is 0 Å². The first-order chi connectivity index (χ1) is 7.46. The van der Waals surface area contributed by atoms with Gasteiger partial charge in [0.1, 0.15) is 0 Å². The first-order valence-corrected chi connectivity index (χ1v) is 5.30. The minimum atomic E-state index is -6.85. The molecule has 0 radical (unpaired) electrons. The highest BCUT2D eigenvalue weighted by molar-refractivity contribution is 14.1. The van der Waals surface area contributed by atoms with Crippen LogP contribution >= 0.6 is 38.5 Å². The van der Waals surface area contributed by atoms with Gasteiger partial charge in [0.2, 0.25) is 0 Å². The molecule has 0 N–H and O–H groups in total. The summed E-state index contributed by atoms with van der Waals surface area (Å²) in [7, 11) is 0. The van der Waals surface area contributed by atoms with Gasteiger partial charge in [-0.2, -0.15) is 43.9 Å². The van der Waals surface area contributed by atoms with Crippen molar-refractivity contribution in [3.63, 3.8) is 0 Å². The summed E-state index contributed by atoms with van der Waals surface area (Å²) in [6.45, 7) is 0. The molecule has 0 bridgehead atoms. The van der Waals surface area contributed by atoms with Gasteiger partial charge in [0.25, 0.3) is 0 Å². The first-order valence-electron chi connectivity index (χ1n) is 3.43. The molecule has 1 unspecified atom stereocenters. The van der Waals surface area contributed by atoms with Crippen molar-refractivity contribution in [2.45, 2.75) is 26.9 Å². The molecule has 0 spiro atoms. The average molecular weight is 473 g/mol. The zero-order valence-corrected chi connectivity index (χ0v) is 11.2. The van der Waals surface area contributed by atoms with E-state index in [-0.39, 0.29) is 22.6 Å². The number of hydrogen-bond donors (Lipinski definition) is 0. The molecule has 1 atom stereocenters. The second kappa shape index (κ2) is 4.79. The number of halogens is 12. The quantitative estimate of drug-likeness (QED) is 0.323. The van der Waals surface area contributed by atoms with Crippen LogP contribution in [-0.2, 0) is 4.74 Å². The maximum Gasteiger partial charge on any atom is 0.462 e. The van der Waals surface area contributed by atoms with Gasteiger partial charge in [-0.3, -0.25) is 4.74 Å². The van der Waals surface area contributed by atoms with Gasteiger partial charge in [0.15, 0.2) is 0 Å². The Kier molecular flexibility index (Phi) is 4.91. The maximum absolute atomic E-state index is 12.8. The Hall–Kier alpha value is 0.470. The standard InChI is InChI=1S/C5BrF10IO/c6-2(9,4(13,14)17)18-5(15,16)1(7,8)3(10,11)12. The number of hydrogen-bond acceptors (Lipinski definition) is 1. The molecular formula is C5BrF10IO. The largest absolute Gasteiger partial charge is 0.462 e. The third-order valence-electron chi connectivity index (χ3n) is 1.31. The fourth-order valence-corrected chi connectivity index (χ4v) is 0.761. The molecule has 0 saturated heterocycles. The molecule has 18 heavy (non-hydrogen) atoms. The minimum Gasteiger partial charge on any atom is -0.262 e. The van der Waals surface area contributed by atoms with E-state index in [0.29, 0.717) is 0 Å². The summed E-state index contributed by atoms with van der Waals surface area (Å²) in [5.41, 5.74) is 0. The van der Waals surface area contributed by atoms with E-state index in [1.165, 1.54) is 15.9 Å². The van der Waals surface area contributed by atoms with Gasteiger partial charge in [0, 0.05) is 22.6 Å². The topological polar surface area (TPSA) is 9.23 Å². The SMILES string of the molecule is FC(F)(F)C(F)(F)C(F)(F)OC(F)(Br)C(F)(F)I. The zero-order chi connectivity index (χ0) is 15.2. The lowest BCUT2D eigenvalue weighted by molar-refractivity contribution is -0.449. The van der Waals surface area contributed by atoms with Crippen LogP contribution < -0.4 is 0 Å². The molecule has 0 amide bonds. The molecule has 0 aliphatic carbocycles. The van der Waals surface area contributed by atoms with Gasteiger partial charge in [0.05, 0.1) is 0 Å². The summed E-state index contributed by atoms with van der Waals surface area (Å²) in [6.07, 6.45) is -13.4. The van der Waals surface area contributed by atoms with Crippen LogP contribution in [0.3, 0.4) is 0 Å². The van der Waals surface area contributed by atoms with E-state index in [9.17, 15) is 43.9 Å². The monoisotopic (exact) mass is 472 g/mol. The predicted octanol–water partition coefficient (Wildman–Crippen LogP) is 4.84. The van der Waals surface area contributed by atoms with Crippen molar-refractivity contribution in [1.82, 2.24) is 0 Å². The summed E-state index contributed by atoms with van der Waals surface area (Å²) >= 11 is 1.04. The van der Waals surface area contributed by atoms with Crippen LogP contribution in [0.25, 0.3) is 0 Å². The molecule has 0 aliphatic heterocycles. The maximum atomic E-state index is 12.8. The molecule has 0 aromatic heterocycles. The molecule has 0 heterocycles. The number of ether oxygens (including phenoxy) is 1. The van der Waals surface area contributed by atoms with Crippen LogP contribution in [0.5, 0.6) is 0 Å². The molecule has 110 valence electrons. The Bertz CT molecular complexity index is 306. The fraction of sp³-hybridized carbons (Fsp3) is 1.00. The van der Waals surface area contributed by atoms with Crippen LogP contribution in [0.4, 0.5) is 43.9 Å². The van der Waals surface area contributed by atoms with E-state index in [2.05, 4.69) is 4.74 Å². The van der Waals surface area contributed by atoms with Crippen molar-refractivity contribution in [2.24, 2.45) is 0 Å². The fourth-order valence-electron chi connectivity index (χ4n) is 0.448. The highest BCUT2D eigenvalue weighted by Gasteiger charge is 2.77. The summed E-state index contributed by atoms with van der Waals surface area (Å²) < 4.78 is 114. The highest BCUT2D eigenvalue weighted by Crippen LogP contribution is 2.53. The summed E-state index contributed by atoms with van der Waals surface area (Å²) in [4.78, 5) is 0. The van der Waals surface area contributed by atoms with Crippen LogP contribution in [-0.4, -0.2) is 26.9 Å². The lowest BCUT2D eigenvalue weighted by Crippen LogP contribution is -2.57. The van der Waals surface area contributed by atoms with Crippen molar-refractivity contribution in [2.75, 3.05) is 0 Å². The molecule has 13 heteroatoms. The van der Waals surface area contributed by atoms with E-state index in [1.54, 1.807) is 0 Å². The summed E-state index contributed by atoms with van der Waals surface area (Å²) in [5, 5.41) is 0. The molecule has 0 aromatic carbocycles. The van der Waals surface area contributed by atoms with Crippen LogP contribution in [0, 0.1) is 0 Å². The lowest BCUT2D eigenvalue weighted by Gasteiger charge is -2.32. The van der Waals surface area contributed by atoms with Gasteiger partial charge >= 0.3 is 26.9 Å². The second-order valence-corrected chi connectivity index (χ2v) is 5.08. The predicted molar refractivity (Wildman–Crippen MR) is 48.8 cm³/mol. The van der Waals surface area contributed by atoms with Gasteiger partial charge in [-0.05, 0) is 15.9 Å². The Morgan fingerprint density at radius 1 is 0.778 bits per heavy atom. The highest BCUT2D eigenvalue weighted by atomic mass is 127. The lowest BCUT2D eigenvalue weighted by atomic mass is 10.3. The van der Waals surface area contributed by atoms with E-state index in [4.69, 9.17) is 0 Å². The molecule has 0 saturated carbocycles. The van der Waals surface area contributed by atoms with E-state index in [1.807, 2.05) is 0 Å². The smallest absolute Gasteiger partial charge is 0.262 e. The molecule has 0 rings (SSSR count). The summed E-state index contributed by atoms with van der Waals surface area (Å²) in [6, 6.07) is 0. The third-order valence-corrected chi connectivity index (χ3v) is 3.40. The van der Waals surface area contributed by atoms with E-state index < -0.39 is 26.9 Å². The molecule has 0 aromatic rings. The normalized spacial score (nSPS) is 18.7. The number of alkyl halides is 12. The van der Waals surface area contributed by atoms with Gasteiger partial charge in [-0.25, -0.2) is 0 Å². The van der Waals surface area contributed by atoms with Crippen molar-refractivity contribution in [3.05, 3.63) is 0 Å². The van der Waals surface area contributed by atoms with Crippen molar-refractivity contribution in [3.8, 4) is 0 Å². The van der Waals surface area contributed by atoms with Crippen LogP contribution in [0.2, 0.25) is 0 Å². The van der Waals surface area contributed by atoms with Gasteiger partial charge in [-0.1, -0.05) is 0 Å². The van der Waals surface area contributed by atoms with Crippen LogP contribution in [0.15, 0.2) is 0 Å². The Morgan fingerprint density at radius 3 is 1.33 bits per heavy atom. The zero-order valence-electron chi connectivity index (χ0n) is 7.44. The first kappa shape index (κ1) is 18.5. The number of rotatable bonds is 4. The Balaban J connectivity index is 5.33. The van der Waals surface area contributed by atoms with E-state index >= 15 is 0 Å². The second-order valence-electron chi connectivity index (χ2n) is 2.71. The third kappa shape index (κ3) is 3.52. The molecule has 0 fully saturated rings. The van der Waals surface area contributed by atoms with Crippen molar-refractivity contribution >= 4 is 38.5 Å². The Labute approximate surface area is 114 Å². The minimum absolute atomic E-state index is 0.131. The van der Waals surface area contributed by atoms with E-state index in [0.717, 1.165) is 0 Å². The Morgan fingerprint density at radius 2 is 1.11 bits per heavy atom. The van der Waals surface area contributed by atoms with Gasteiger partial charge in [-0.15, -0.1) is 0 Å². The van der Waals surface area contributed by atoms with Gasteiger partial charge < -0.3 is 0 Å². The van der Waals surface area contributed by atoms with Crippen molar-refractivity contribution in [1.29, 1.82) is 0 Å². The van der Waals surface area contributed by atoms with Crippen molar-refractivity contribution < 1.29 is 48.6 Å². The molecule has 0 aliphatic rings.